The van der Waals surface area contributed by atoms with Crippen molar-refractivity contribution in [1.82, 2.24) is 9.29 Å². The Labute approximate surface area is 164 Å². The minimum absolute atomic E-state index is 0.0340. The summed E-state index contributed by atoms with van der Waals surface area (Å²) in [7, 11) is -3.56. The average Bonchev–Trinajstić information content (AvgIpc) is 2.69. The van der Waals surface area contributed by atoms with E-state index in [1.54, 1.807) is 24.4 Å². The highest BCUT2D eigenvalue weighted by Gasteiger charge is 2.31. The molecule has 1 aromatic heterocycles. The SMILES string of the molecule is Cc1ccc(OC2CCN(S(=O)(=O)c3ccc4c(c3)CCC(=O)N4)CC2)nc1. The monoisotopic (exact) mass is 401 g/mol. The highest BCUT2D eigenvalue weighted by atomic mass is 32.2. The number of hydrogen-bond donors (Lipinski definition) is 1. The third-order valence-electron chi connectivity index (χ3n) is 5.18. The molecule has 1 aromatic carbocycles. The van der Waals surface area contributed by atoms with Crippen molar-refractivity contribution in [2.75, 3.05) is 18.4 Å². The number of amides is 1. The maximum atomic E-state index is 13.0. The van der Waals surface area contributed by atoms with Crippen LogP contribution in [0, 0.1) is 6.92 Å². The third-order valence-corrected chi connectivity index (χ3v) is 7.08. The normalized spacial score (nSPS) is 18.4. The van der Waals surface area contributed by atoms with Gasteiger partial charge in [-0.2, -0.15) is 4.31 Å². The van der Waals surface area contributed by atoms with Crippen molar-refractivity contribution < 1.29 is 17.9 Å². The molecule has 2 aliphatic rings. The Bertz CT molecular complexity index is 981. The van der Waals surface area contributed by atoms with Gasteiger partial charge in [-0.25, -0.2) is 13.4 Å². The number of fused-ring (bicyclic) bond motifs is 1. The molecule has 1 N–H and O–H groups in total. The van der Waals surface area contributed by atoms with E-state index >= 15 is 0 Å². The van der Waals surface area contributed by atoms with E-state index in [9.17, 15) is 13.2 Å². The van der Waals surface area contributed by atoms with Crippen LogP contribution in [0.5, 0.6) is 5.88 Å². The maximum Gasteiger partial charge on any atom is 0.243 e. The predicted octanol–water partition coefficient (Wildman–Crippen LogP) is 2.51. The number of aromatic nitrogens is 1. The number of nitrogens with one attached hydrogen (secondary N) is 1. The summed E-state index contributed by atoms with van der Waals surface area (Å²) >= 11 is 0. The van der Waals surface area contributed by atoms with Crippen molar-refractivity contribution in [2.24, 2.45) is 0 Å². The van der Waals surface area contributed by atoms with Gasteiger partial charge in [-0.15, -0.1) is 0 Å². The first kappa shape index (κ1) is 18.9. The zero-order chi connectivity index (χ0) is 19.7. The number of sulfonamides is 1. The third kappa shape index (κ3) is 3.88. The number of ether oxygens (including phenoxy) is 1. The fourth-order valence-corrected chi connectivity index (χ4v) is 5.08. The Kier molecular flexibility index (Phi) is 5.07. The molecule has 1 fully saturated rings. The molecule has 28 heavy (non-hydrogen) atoms. The minimum atomic E-state index is -3.56. The molecular formula is C20H23N3O4S. The lowest BCUT2D eigenvalue weighted by Gasteiger charge is -2.31. The van der Waals surface area contributed by atoms with Crippen molar-refractivity contribution in [3.8, 4) is 5.88 Å². The maximum absolute atomic E-state index is 13.0. The van der Waals surface area contributed by atoms with E-state index < -0.39 is 10.0 Å². The molecule has 2 aliphatic heterocycles. The van der Waals surface area contributed by atoms with Gasteiger partial charge in [0.25, 0.3) is 0 Å². The Morgan fingerprint density at radius 2 is 1.93 bits per heavy atom. The molecule has 8 heteroatoms. The Morgan fingerprint density at radius 3 is 2.64 bits per heavy atom. The van der Waals surface area contributed by atoms with Crippen molar-refractivity contribution in [3.05, 3.63) is 47.7 Å². The molecule has 4 rings (SSSR count). The summed E-state index contributed by atoms with van der Waals surface area (Å²) in [5, 5.41) is 2.78. The number of rotatable bonds is 4. The van der Waals surface area contributed by atoms with Crippen LogP contribution in [0.2, 0.25) is 0 Å². The van der Waals surface area contributed by atoms with Crippen LogP contribution in [0.25, 0.3) is 0 Å². The summed E-state index contributed by atoms with van der Waals surface area (Å²) in [6, 6.07) is 8.71. The summed E-state index contributed by atoms with van der Waals surface area (Å²) < 4.78 is 33.5. The second-order valence-electron chi connectivity index (χ2n) is 7.26. The Morgan fingerprint density at radius 1 is 1.14 bits per heavy atom. The van der Waals surface area contributed by atoms with Gasteiger partial charge >= 0.3 is 0 Å². The minimum Gasteiger partial charge on any atom is -0.474 e. The zero-order valence-electron chi connectivity index (χ0n) is 15.7. The number of benzene rings is 1. The molecule has 0 atom stereocenters. The number of nitrogens with zero attached hydrogens (tertiary/aromatic N) is 2. The number of piperidine rings is 1. The van der Waals surface area contributed by atoms with E-state index in [2.05, 4.69) is 10.3 Å². The van der Waals surface area contributed by atoms with E-state index in [0.29, 0.717) is 50.3 Å². The van der Waals surface area contributed by atoms with Crippen molar-refractivity contribution >= 4 is 21.6 Å². The number of anilines is 1. The van der Waals surface area contributed by atoms with Gasteiger partial charge in [0.05, 0.1) is 4.90 Å². The lowest BCUT2D eigenvalue weighted by Crippen LogP contribution is -2.41. The molecule has 0 aliphatic carbocycles. The first-order chi connectivity index (χ1) is 13.4. The molecule has 0 unspecified atom stereocenters. The number of pyridine rings is 1. The molecule has 0 spiro atoms. The number of aryl methyl sites for hydroxylation is 2. The second kappa shape index (κ2) is 7.52. The van der Waals surface area contributed by atoms with Gasteiger partial charge in [0, 0.05) is 37.5 Å². The van der Waals surface area contributed by atoms with E-state index in [-0.39, 0.29) is 16.9 Å². The first-order valence-corrected chi connectivity index (χ1v) is 10.9. The summed E-state index contributed by atoms with van der Waals surface area (Å²) in [4.78, 5) is 16.0. The molecular weight excluding hydrogens is 378 g/mol. The number of carbonyl (C=O) groups excluding carboxylic acids is 1. The highest BCUT2D eigenvalue weighted by Crippen LogP contribution is 2.28. The quantitative estimate of drug-likeness (QED) is 0.850. The number of carbonyl (C=O) groups is 1. The van der Waals surface area contributed by atoms with E-state index in [4.69, 9.17) is 4.74 Å². The molecule has 3 heterocycles. The molecule has 1 amide bonds. The summed E-state index contributed by atoms with van der Waals surface area (Å²) in [5.41, 5.74) is 2.63. The van der Waals surface area contributed by atoms with Gasteiger partial charge in [0.1, 0.15) is 6.10 Å². The smallest absolute Gasteiger partial charge is 0.243 e. The first-order valence-electron chi connectivity index (χ1n) is 9.44. The van der Waals surface area contributed by atoms with Crippen molar-refractivity contribution in [1.29, 1.82) is 0 Å². The van der Waals surface area contributed by atoms with Crippen molar-refractivity contribution in [2.45, 2.75) is 43.6 Å². The molecule has 0 radical (unpaired) electrons. The van der Waals surface area contributed by atoms with Gasteiger partial charge < -0.3 is 10.1 Å². The van der Waals surface area contributed by atoms with Crippen LogP contribution < -0.4 is 10.1 Å². The largest absolute Gasteiger partial charge is 0.474 e. The second-order valence-corrected chi connectivity index (χ2v) is 9.20. The summed E-state index contributed by atoms with van der Waals surface area (Å²) in [6.07, 6.45) is 3.90. The topological polar surface area (TPSA) is 88.6 Å². The van der Waals surface area contributed by atoms with Gasteiger partial charge in [-0.05, 0) is 55.5 Å². The standard InChI is InChI=1S/C20H23N3O4S/c1-14-2-7-20(21-13-14)27-16-8-10-23(11-9-16)28(25,26)17-4-5-18-15(12-17)3-6-19(24)22-18/h2,4-5,7,12-13,16H,3,6,8-11H2,1H3,(H,22,24). The van der Waals surface area contributed by atoms with Crippen LogP contribution in [0.1, 0.15) is 30.4 Å². The van der Waals surface area contributed by atoms with Crippen LogP contribution in [-0.4, -0.2) is 42.8 Å². The van der Waals surface area contributed by atoms with E-state index in [1.165, 1.54) is 4.31 Å². The van der Waals surface area contributed by atoms with Crippen LogP contribution in [0.4, 0.5) is 5.69 Å². The molecule has 1 saturated heterocycles. The van der Waals surface area contributed by atoms with E-state index in [0.717, 1.165) is 11.1 Å². The van der Waals surface area contributed by atoms with Crippen molar-refractivity contribution in [3.63, 3.8) is 0 Å². The Hall–Kier alpha value is -2.45. The van der Waals surface area contributed by atoms with Crippen LogP contribution in [-0.2, 0) is 21.2 Å². The van der Waals surface area contributed by atoms with Crippen LogP contribution in [0.3, 0.4) is 0 Å². The van der Waals surface area contributed by atoms with E-state index in [1.807, 2.05) is 19.1 Å². The van der Waals surface area contributed by atoms with Crippen LogP contribution in [0.15, 0.2) is 41.4 Å². The lowest BCUT2D eigenvalue weighted by molar-refractivity contribution is -0.116. The zero-order valence-corrected chi connectivity index (χ0v) is 16.5. The Balaban J connectivity index is 1.42. The van der Waals surface area contributed by atoms with Gasteiger partial charge in [-0.1, -0.05) is 6.07 Å². The number of hydrogen-bond acceptors (Lipinski definition) is 5. The fraction of sp³-hybridized carbons (Fsp3) is 0.400. The van der Waals surface area contributed by atoms with Crippen LogP contribution >= 0.6 is 0 Å². The van der Waals surface area contributed by atoms with Gasteiger partial charge in [-0.3, -0.25) is 4.79 Å². The summed E-state index contributed by atoms with van der Waals surface area (Å²) in [5.74, 6) is 0.539. The highest BCUT2D eigenvalue weighted by molar-refractivity contribution is 7.89. The van der Waals surface area contributed by atoms with Gasteiger partial charge in [0.2, 0.25) is 21.8 Å². The predicted molar refractivity (Wildman–Crippen MR) is 105 cm³/mol. The molecule has 7 nitrogen and oxygen atoms in total. The molecule has 0 bridgehead atoms. The molecule has 2 aromatic rings. The summed E-state index contributed by atoms with van der Waals surface area (Å²) in [6.45, 7) is 2.79. The molecule has 0 saturated carbocycles. The fourth-order valence-electron chi connectivity index (χ4n) is 3.55. The molecule has 148 valence electrons. The van der Waals surface area contributed by atoms with Gasteiger partial charge in [0.15, 0.2) is 0 Å². The lowest BCUT2D eigenvalue weighted by atomic mass is 10.0. The average molecular weight is 401 g/mol.